The molecule has 0 aliphatic carbocycles. The zero-order valence-electron chi connectivity index (χ0n) is 12.7. The number of carboxylic acid groups (broad SMARTS) is 1. The lowest BCUT2D eigenvalue weighted by Crippen LogP contribution is -2.56. The predicted molar refractivity (Wildman–Crippen MR) is 70.8 cm³/mol. The van der Waals surface area contributed by atoms with Crippen molar-refractivity contribution < 1.29 is 32.7 Å². The van der Waals surface area contributed by atoms with Crippen molar-refractivity contribution in [3.63, 3.8) is 0 Å². The Balaban J connectivity index is 2.96. The largest absolute Gasteiger partial charge is 0.480 e. The summed E-state index contributed by atoms with van der Waals surface area (Å²) in [6.45, 7) is 2.28. The number of likely N-dealkylation sites (tertiary alicyclic amines) is 1. The minimum Gasteiger partial charge on any atom is -0.480 e. The summed E-state index contributed by atoms with van der Waals surface area (Å²) in [5, 5.41) is 18.1. The van der Waals surface area contributed by atoms with E-state index in [1.807, 2.05) is 6.07 Å². The summed E-state index contributed by atoms with van der Waals surface area (Å²) in [7, 11) is 0. The Hall–Kier alpha value is -1.86. The Bertz CT molecular complexity index is 490. The first-order valence-electron chi connectivity index (χ1n) is 6.98. The maximum absolute atomic E-state index is 12.7. The fourth-order valence-electron chi connectivity index (χ4n) is 2.36. The zero-order valence-corrected chi connectivity index (χ0v) is 12.7. The lowest BCUT2D eigenvalue weighted by molar-refractivity contribution is -0.254. The summed E-state index contributed by atoms with van der Waals surface area (Å²) in [6.07, 6.45) is -5.50. The second-order valence-electron chi connectivity index (χ2n) is 5.48. The van der Waals surface area contributed by atoms with Crippen LogP contribution in [0.3, 0.4) is 0 Å². The monoisotopic (exact) mass is 337 g/mol. The number of halogens is 3. The number of aliphatic carboxylic acids is 1. The fourth-order valence-corrected chi connectivity index (χ4v) is 2.36. The van der Waals surface area contributed by atoms with Crippen molar-refractivity contribution in [1.29, 1.82) is 5.26 Å². The number of rotatable bonds is 5. The highest BCUT2D eigenvalue weighted by Crippen LogP contribution is 2.26. The number of hydrogen-bond acceptors (Lipinski definition) is 5. The summed E-state index contributed by atoms with van der Waals surface area (Å²) in [4.78, 5) is 28.6. The molecule has 1 fully saturated rings. The van der Waals surface area contributed by atoms with E-state index in [0.29, 0.717) is 0 Å². The number of carbonyl (C=O) groups is 2. The van der Waals surface area contributed by atoms with Crippen molar-refractivity contribution in [2.45, 2.75) is 51.1 Å². The van der Waals surface area contributed by atoms with Gasteiger partial charge < -0.3 is 5.11 Å². The highest BCUT2D eigenvalue weighted by Gasteiger charge is 2.47. The van der Waals surface area contributed by atoms with Gasteiger partial charge in [-0.15, -0.1) is 0 Å². The van der Waals surface area contributed by atoms with Crippen LogP contribution in [0.5, 0.6) is 0 Å². The average molecular weight is 337 g/mol. The van der Waals surface area contributed by atoms with E-state index in [9.17, 15) is 22.8 Å². The topological polar surface area (TPSA) is 93.9 Å². The van der Waals surface area contributed by atoms with Crippen molar-refractivity contribution in [3.8, 4) is 6.07 Å². The molecule has 10 heteroatoms. The smallest absolute Gasteiger partial charge is 0.473 e. The van der Waals surface area contributed by atoms with Gasteiger partial charge in [-0.3, -0.25) is 19.3 Å². The van der Waals surface area contributed by atoms with Crippen molar-refractivity contribution in [2.24, 2.45) is 0 Å². The van der Waals surface area contributed by atoms with E-state index in [-0.39, 0.29) is 24.4 Å². The number of nitrogens with zero attached hydrogens (tertiary/aromatic N) is 3. The van der Waals surface area contributed by atoms with Crippen LogP contribution in [-0.2, 0) is 14.4 Å². The van der Waals surface area contributed by atoms with Crippen LogP contribution in [0.4, 0.5) is 13.2 Å². The molecule has 130 valence electrons. The molecule has 0 aromatic rings. The fraction of sp³-hybridized carbons (Fsp3) is 0.769. The van der Waals surface area contributed by atoms with Crippen molar-refractivity contribution in [2.75, 3.05) is 13.1 Å². The summed E-state index contributed by atoms with van der Waals surface area (Å²) in [6, 6.07) is 0.220. The number of nitriles is 1. The minimum absolute atomic E-state index is 0.114. The molecule has 1 aliphatic rings. The standard InChI is InChI=1S/C13H18F3N3O4/c1-8(2)23-19(12(22)13(14,15)16)10-4-3-9(5-17)18(6-10)7-11(20)21/h8-10H,3-4,6-7H2,1-2H3,(H,20,21). The van der Waals surface area contributed by atoms with Crippen LogP contribution < -0.4 is 0 Å². The van der Waals surface area contributed by atoms with Gasteiger partial charge in [0.2, 0.25) is 0 Å². The molecule has 23 heavy (non-hydrogen) atoms. The molecule has 1 saturated heterocycles. The minimum atomic E-state index is -5.10. The molecular formula is C13H18F3N3O4. The van der Waals surface area contributed by atoms with Crippen LogP contribution in [0.15, 0.2) is 0 Å². The number of amides is 1. The first kappa shape index (κ1) is 19.2. The van der Waals surface area contributed by atoms with Gasteiger partial charge in [-0.05, 0) is 26.7 Å². The van der Waals surface area contributed by atoms with Gasteiger partial charge in [0, 0.05) is 6.54 Å². The maximum Gasteiger partial charge on any atom is 0.473 e. The summed E-state index contributed by atoms with van der Waals surface area (Å²) in [5.41, 5.74) is 0. The number of carboxylic acids is 1. The number of carbonyl (C=O) groups excluding carboxylic acids is 1. The summed E-state index contributed by atoms with van der Waals surface area (Å²) >= 11 is 0. The molecule has 1 amide bonds. The number of piperidine rings is 1. The Labute approximate surface area is 131 Å². The van der Waals surface area contributed by atoms with Crippen LogP contribution in [0.2, 0.25) is 0 Å². The maximum atomic E-state index is 12.7. The second-order valence-corrected chi connectivity index (χ2v) is 5.48. The highest BCUT2D eigenvalue weighted by molar-refractivity contribution is 5.81. The zero-order chi connectivity index (χ0) is 17.8. The van der Waals surface area contributed by atoms with Gasteiger partial charge in [-0.2, -0.15) is 18.4 Å². The van der Waals surface area contributed by atoms with E-state index in [1.165, 1.54) is 18.7 Å². The molecule has 0 aromatic carbocycles. The van der Waals surface area contributed by atoms with E-state index in [4.69, 9.17) is 15.2 Å². The first-order chi connectivity index (χ1) is 10.6. The van der Waals surface area contributed by atoms with Crippen molar-refractivity contribution in [1.82, 2.24) is 9.96 Å². The van der Waals surface area contributed by atoms with Crippen LogP contribution in [0.25, 0.3) is 0 Å². The molecule has 1 aliphatic heterocycles. The third kappa shape index (κ3) is 5.37. The molecule has 7 nitrogen and oxygen atoms in total. The highest BCUT2D eigenvalue weighted by atomic mass is 19.4. The van der Waals surface area contributed by atoms with E-state index in [2.05, 4.69) is 0 Å². The van der Waals surface area contributed by atoms with Gasteiger partial charge in [0.15, 0.2) is 0 Å². The molecule has 0 bridgehead atoms. The molecule has 2 atom stereocenters. The summed E-state index contributed by atoms with van der Waals surface area (Å²) in [5.74, 6) is -3.34. The normalized spacial score (nSPS) is 22.7. The van der Waals surface area contributed by atoms with E-state index in [1.54, 1.807) is 0 Å². The molecule has 0 spiro atoms. The van der Waals surface area contributed by atoms with Crippen molar-refractivity contribution >= 4 is 11.9 Å². The summed E-state index contributed by atoms with van der Waals surface area (Å²) < 4.78 is 38.2. The van der Waals surface area contributed by atoms with Crippen LogP contribution in [0.1, 0.15) is 26.7 Å². The molecule has 1 heterocycles. The van der Waals surface area contributed by atoms with E-state index in [0.717, 1.165) is 0 Å². The molecule has 0 saturated carbocycles. The average Bonchev–Trinajstić information content (AvgIpc) is 2.42. The van der Waals surface area contributed by atoms with Gasteiger partial charge >= 0.3 is 18.1 Å². The Morgan fingerprint density at radius 2 is 2.04 bits per heavy atom. The third-order valence-electron chi connectivity index (χ3n) is 3.25. The quantitative estimate of drug-likeness (QED) is 0.757. The van der Waals surface area contributed by atoms with Gasteiger partial charge in [0.1, 0.15) is 0 Å². The predicted octanol–water partition coefficient (Wildman–Crippen LogP) is 1.16. The van der Waals surface area contributed by atoms with Crippen molar-refractivity contribution in [3.05, 3.63) is 0 Å². The lowest BCUT2D eigenvalue weighted by atomic mass is 9.98. The molecule has 2 unspecified atom stereocenters. The number of hydroxylamine groups is 2. The van der Waals surface area contributed by atoms with Gasteiger partial charge in [0.05, 0.1) is 30.8 Å². The van der Waals surface area contributed by atoms with Crippen LogP contribution in [-0.4, -0.2) is 64.4 Å². The lowest BCUT2D eigenvalue weighted by Gasteiger charge is -2.40. The van der Waals surface area contributed by atoms with Gasteiger partial charge in [-0.25, -0.2) is 5.06 Å². The molecule has 0 radical (unpaired) electrons. The van der Waals surface area contributed by atoms with E-state index >= 15 is 0 Å². The SMILES string of the molecule is CC(C)ON(C(=O)C(F)(F)F)C1CCC(C#N)N(CC(=O)O)C1. The molecule has 0 aromatic heterocycles. The molecule has 1 rings (SSSR count). The Morgan fingerprint density at radius 3 is 2.48 bits per heavy atom. The number of alkyl halides is 3. The second kappa shape index (κ2) is 7.61. The first-order valence-corrected chi connectivity index (χ1v) is 6.98. The van der Waals surface area contributed by atoms with Crippen LogP contribution in [0, 0.1) is 11.3 Å². The Kier molecular flexibility index (Phi) is 6.35. The molecular weight excluding hydrogens is 319 g/mol. The number of hydrogen-bond donors (Lipinski definition) is 1. The van der Waals surface area contributed by atoms with E-state index < -0.39 is 42.8 Å². The third-order valence-corrected chi connectivity index (χ3v) is 3.25. The van der Waals surface area contributed by atoms with Gasteiger partial charge in [-0.1, -0.05) is 0 Å². The van der Waals surface area contributed by atoms with Crippen LogP contribution >= 0.6 is 0 Å². The molecule has 1 N–H and O–H groups in total. The Morgan fingerprint density at radius 1 is 1.43 bits per heavy atom. The van der Waals surface area contributed by atoms with Gasteiger partial charge in [0.25, 0.3) is 0 Å².